The summed E-state index contributed by atoms with van der Waals surface area (Å²) in [6.07, 6.45) is 4.06. The van der Waals surface area contributed by atoms with E-state index in [0.29, 0.717) is 29.8 Å². The lowest BCUT2D eigenvalue weighted by atomic mass is 9.95. The van der Waals surface area contributed by atoms with E-state index >= 15 is 0 Å². The van der Waals surface area contributed by atoms with Crippen LogP contribution in [0.15, 0.2) is 42.6 Å². The molecule has 0 saturated carbocycles. The van der Waals surface area contributed by atoms with Crippen molar-refractivity contribution in [3.05, 3.63) is 53.9 Å². The monoisotopic (exact) mass is 367 g/mol. The van der Waals surface area contributed by atoms with E-state index in [1.807, 2.05) is 23.2 Å². The van der Waals surface area contributed by atoms with Gasteiger partial charge in [0, 0.05) is 44.5 Å². The number of phenolic OH excluding ortho intramolecular Hbond substituents is 1. The van der Waals surface area contributed by atoms with Gasteiger partial charge in [-0.3, -0.25) is 14.7 Å². The van der Waals surface area contributed by atoms with Gasteiger partial charge < -0.3 is 14.7 Å². The van der Waals surface area contributed by atoms with Crippen LogP contribution in [0.4, 0.5) is 0 Å². The fourth-order valence-electron chi connectivity index (χ4n) is 4.23. The van der Waals surface area contributed by atoms with Gasteiger partial charge in [-0.05, 0) is 43.0 Å². The highest BCUT2D eigenvalue weighted by atomic mass is 16.5. The summed E-state index contributed by atoms with van der Waals surface area (Å²) in [5, 5.41) is 10.2. The molecular weight excluding hydrogens is 342 g/mol. The molecule has 1 N–H and O–H groups in total. The number of aromatic hydroxyl groups is 1. The Balaban J connectivity index is 1.50. The normalized spacial score (nSPS) is 22.5. The molecule has 0 aliphatic carbocycles. The van der Waals surface area contributed by atoms with Crippen LogP contribution in [-0.4, -0.2) is 58.6 Å². The molecule has 6 heteroatoms. The molecular formula is C21H25N3O3. The number of hydrogen-bond acceptors (Lipinski definition) is 5. The van der Waals surface area contributed by atoms with Crippen LogP contribution in [0.3, 0.4) is 0 Å². The molecule has 3 saturated heterocycles. The molecule has 1 amide bonds. The van der Waals surface area contributed by atoms with E-state index in [9.17, 15) is 9.90 Å². The Morgan fingerprint density at radius 3 is 2.85 bits per heavy atom. The van der Waals surface area contributed by atoms with E-state index in [4.69, 9.17) is 4.74 Å². The average Bonchev–Trinajstić information content (AvgIpc) is 3.00. The van der Waals surface area contributed by atoms with E-state index < -0.39 is 0 Å². The lowest BCUT2D eigenvalue weighted by molar-refractivity contribution is 0.0732. The molecule has 0 spiro atoms. The van der Waals surface area contributed by atoms with Gasteiger partial charge >= 0.3 is 0 Å². The van der Waals surface area contributed by atoms with Crippen LogP contribution in [0.5, 0.6) is 11.5 Å². The standard InChI is InChI=1S/C21H25N3O3/c1-27-18-7-8-19(20(25)10-18)21(26)24-12-15-5-6-17(14-24)23(11-15)13-16-4-2-3-9-22-16/h2-4,7-10,15,17,25H,5-6,11-14H2,1H3/t15-,17-/m1/s1. The van der Waals surface area contributed by atoms with Crippen LogP contribution in [0, 0.1) is 5.92 Å². The lowest BCUT2D eigenvalue weighted by Gasteiger charge is -2.35. The average molecular weight is 367 g/mol. The zero-order valence-corrected chi connectivity index (χ0v) is 15.5. The number of carbonyl (C=O) groups is 1. The summed E-state index contributed by atoms with van der Waals surface area (Å²) in [5.74, 6) is 0.867. The summed E-state index contributed by atoms with van der Waals surface area (Å²) in [5.41, 5.74) is 1.41. The SMILES string of the molecule is COc1ccc(C(=O)N2C[C@@H]3CC[C@H](C2)N(Cc2ccccn2)C3)c(O)c1. The number of fused-ring (bicyclic) bond motifs is 4. The van der Waals surface area contributed by atoms with Crippen LogP contribution in [0.2, 0.25) is 0 Å². The maximum Gasteiger partial charge on any atom is 0.257 e. The van der Waals surface area contributed by atoms with Gasteiger partial charge in [0.15, 0.2) is 0 Å². The predicted molar refractivity (Wildman–Crippen MR) is 102 cm³/mol. The Bertz CT molecular complexity index is 812. The topological polar surface area (TPSA) is 65.9 Å². The fraction of sp³-hybridized carbons (Fsp3) is 0.429. The van der Waals surface area contributed by atoms with Crippen molar-refractivity contribution >= 4 is 5.91 Å². The maximum atomic E-state index is 13.1. The molecule has 2 aromatic rings. The third-order valence-electron chi connectivity index (χ3n) is 5.64. The first-order valence-electron chi connectivity index (χ1n) is 9.44. The summed E-state index contributed by atoms with van der Waals surface area (Å²) in [6, 6.07) is 11.2. The third kappa shape index (κ3) is 3.76. The molecule has 3 aliphatic heterocycles. The number of nitrogens with zero attached hydrogens (tertiary/aromatic N) is 3. The van der Waals surface area contributed by atoms with Crippen molar-refractivity contribution in [3.63, 3.8) is 0 Å². The highest BCUT2D eigenvalue weighted by Crippen LogP contribution is 2.31. The lowest BCUT2D eigenvalue weighted by Crippen LogP contribution is -2.44. The second-order valence-electron chi connectivity index (χ2n) is 7.44. The van der Waals surface area contributed by atoms with Gasteiger partial charge in [0.1, 0.15) is 11.5 Å². The van der Waals surface area contributed by atoms with Gasteiger partial charge in [-0.15, -0.1) is 0 Å². The second kappa shape index (κ2) is 7.56. The number of ether oxygens (including phenoxy) is 1. The largest absolute Gasteiger partial charge is 0.507 e. The van der Waals surface area contributed by atoms with Crippen LogP contribution in [-0.2, 0) is 6.54 Å². The first kappa shape index (κ1) is 17.8. The first-order valence-corrected chi connectivity index (χ1v) is 9.44. The molecule has 142 valence electrons. The minimum Gasteiger partial charge on any atom is -0.507 e. The van der Waals surface area contributed by atoms with E-state index in [1.165, 1.54) is 6.07 Å². The Morgan fingerprint density at radius 1 is 1.22 bits per heavy atom. The number of phenols is 1. The summed E-state index contributed by atoms with van der Waals surface area (Å²) in [4.78, 5) is 21.9. The van der Waals surface area contributed by atoms with Crippen molar-refractivity contribution in [2.75, 3.05) is 26.7 Å². The predicted octanol–water partition coefficient (Wildman–Crippen LogP) is 2.53. The van der Waals surface area contributed by atoms with Crippen molar-refractivity contribution in [2.24, 2.45) is 5.92 Å². The molecule has 5 rings (SSSR count). The van der Waals surface area contributed by atoms with E-state index in [1.54, 1.807) is 19.2 Å². The van der Waals surface area contributed by atoms with E-state index in [2.05, 4.69) is 16.0 Å². The van der Waals surface area contributed by atoms with Gasteiger partial charge in [-0.1, -0.05) is 6.07 Å². The molecule has 0 radical (unpaired) electrons. The third-order valence-corrected chi connectivity index (χ3v) is 5.64. The van der Waals surface area contributed by atoms with E-state index in [0.717, 1.165) is 38.2 Å². The minimum atomic E-state index is -0.105. The number of amides is 1. The summed E-state index contributed by atoms with van der Waals surface area (Å²) in [7, 11) is 1.54. The van der Waals surface area contributed by atoms with E-state index in [-0.39, 0.29) is 11.7 Å². The summed E-state index contributed by atoms with van der Waals surface area (Å²) >= 11 is 0. The van der Waals surface area contributed by atoms with Gasteiger partial charge in [-0.25, -0.2) is 0 Å². The van der Waals surface area contributed by atoms with Crippen LogP contribution >= 0.6 is 0 Å². The maximum absolute atomic E-state index is 13.1. The summed E-state index contributed by atoms with van der Waals surface area (Å²) < 4.78 is 5.11. The number of carbonyl (C=O) groups excluding carboxylic acids is 1. The number of aromatic nitrogens is 1. The Hall–Kier alpha value is -2.60. The number of pyridine rings is 1. The zero-order valence-electron chi connectivity index (χ0n) is 15.5. The molecule has 27 heavy (non-hydrogen) atoms. The van der Waals surface area contributed by atoms with Gasteiger partial charge in [-0.2, -0.15) is 0 Å². The van der Waals surface area contributed by atoms with Crippen LogP contribution in [0.1, 0.15) is 28.9 Å². The van der Waals surface area contributed by atoms with Crippen molar-refractivity contribution in [3.8, 4) is 11.5 Å². The molecule has 1 aromatic heterocycles. The Morgan fingerprint density at radius 2 is 2.11 bits per heavy atom. The smallest absolute Gasteiger partial charge is 0.257 e. The van der Waals surface area contributed by atoms with Crippen molar-refractivity contribution in [2.45, 2.75) is 25.4 Å². The molecule has 6 nitrogen and oxygen atoms in total. The molecule has 3 aliphatic rings. The highest BCUT2D eigenvalue weighted by molar-refractivity contribution is 5.97. The number of hydrogen-bond donors (Lipinski definition) is 1. The Labute approximate surface area is 159 Å². The zero-order chi connectivity index (χ0) is 18.8. The van der Waals surface area contributed by atoms with Gasteiger partial charge in [0.25, 0.3) is 5.91 Å². The molecule has 2 bridgehead atoms. The van der Waals surface area contributed by atoms with Gasteiger partial charge in [0.05, 0.1) is 18.4 Å². The minimum absolute atomic E-state index is 0.0266. The summed E-state index contributed by atoms with van der Waals surface area (Å²) in [6.45, 7) is 3.23. The van der Waals surface area contributed by atoms with Crippen molar-refractivity contribution in [1.82, 2.24) is 14.8 Å². The molecule has 4 heterocycles. The highest BCUT2D eigenvalue weighted by Gasteiger charge is 2.37. The van der Waals surface area contributed by atoms with Gasteiger partial charge in [0.2, 0.25) is 0 Å². The number of methoxy groups -OCH3 is 1. The number of benzene rings is 1. The Kier molecular flexibility index (Phi) is 4.99. The van der Waals surface area contributed by atoms with Crippen LogP contribution in [0.25, 0.3) is 0 Å². The molecule has 1 aromatic carbocycles. The second-order valence-corrected chi connectivity index (χ2v) is 7.44. The molecule has 2 atom stereocenters. The fourth-order valence-corrected chi connectivity index (χ4v) is 4.23. The number of piperidine rings is 1. The van der Waals surface area contributed by atoms with Crippen molar-refractivity contribution < 1.29 is 14.6 Å². The number of rotatable bonds is 4. The molecule has 3 fully saturated rings. The molecule has 0 unspecified atom stereocenters. The first-order chi connectivity index (χ1) is 13.1. The van der Waals surface area contributed by atoms with Crippen molar-refractivity contribution in [1.29, 1.82) is 0 Å². The van der Waals surface area contributed by atoms with Crippen LogP contribution < -0.4 is 4.74 Å². The quantitative estimate of drug-likeness (QED) is 0.900.